The van der Waals surface area contributed by atoms with E-state index in [1.54, 1.807) is 21.0 Å². The maximum Gasteiger partial charge on any atom is 0.244 e. The number of hydrogen-bond acceptors (Lipinski definition) is 4. The second-order valence-corrected chi connectivity index (χ2v) is 6.40. The van der Waals surface area contributed by atoms with E-state index in [9.17, 15) is 8.42 Å². The minimum Gasteiger partial charge on any atom is -0.381 e. The third kappa shape index (κ3) is 2.57. The third-order valence-corrected chi connectivity index (χ3v) is 5.15. The van der Waals surface area contributed by atoms with Gasteiger partial charge in [0.05, 0.1) is 17.5 Å². The number of nitrogens with one attached hydrogen (secondary N) is 2. The molecular formula is C11H19N3O3S. The van der Waals surface area contributed by atoms with Gasteiger partial charge in [0.15, 0.2) is 0 Å². The van der Waals surface area contributed by atoms with Crippen LogP contribution >= 0.6 is 0 Å². The van der Waals surface area contributed by atoms with E-state index in [0.717, 1.165) is 19.3 Å². The van der Waals surface area contributed by atoms with Crippen LogP contribution in [0.15, 0.2) is 4.90 Å². The Morgan fingerprint density at radius 3 is 2.61 bits per heavy atom. The summed E-state index contributed by atoms with van der Waals surface area (Å²) in [6.45, 7) is 3.39. The van der Waals surface area contributed by atoms with Crippen LogP contribution in [0.3, 0.4) is 0 Å². The molecule has 0 aliphatic heterocycles. The van der Waals surface area contributed by atoms with Crippen molar-refractivity contribution >= 4 is 10.0 Å². The molecule has 0 radical (unpaired) electrons. The van der Waals surface area contributed by atoms with Gasteiger partial charge in [-0.3, -0.25) is 5.10 Å². The average molecular weight is 273 g/mol. The van der Waals surface area contributed by atoms with Gasteiger partial charge in [0.2, 0.25) is 10.0 Å². The number of aromatic amines is 1. The lowest BCUT2D eigenvalue weighted by atomic mass is 10.3. The largest absolute Gasteiger partial charge is 0.381 e. The van der Waals surface area contributed by atoms with Crippen molar-refractivity contribution < 1.29 is 13.2 Å². The molecule has 0 spiro atoms. The molecule has 2 rings (SSSR count). The molecule has 1 aromatic heterocycles. The topological polar surface area (TPSA) is 84.1 Å². The first-order chi connectivity index (χ1) is 8.44. The second kappa shape index (κ2) is 4.99. The molecule has 1 aliphatic rings. The lowest BCUT2D eigenvalue weighted by molar-refractivity contribution is 0.107. The number of ether oxygens (including phenoxy) is 1. The third-order valence-electron chi connectivity index (χ3n) is 3.37. The molecule has 1 saturated carbocycles. The lowest BCUT2D eigenvalue weighted by Gasteiger charge is -2.13. The van der Waals surface area contributed by atoms with Crippen LogP contribution in [-0.2, 0) is 14.8 Å². The summed E-state index contributed by atoms with van der Waals surface area (Å²) < 4.78 is 32.5. The van der Waals surface area contributed by atoms with Crippen molar-refractivity contribution in [2.24, 2.45) is 0 Å². The molecular weight excluding hydrogens is 254 g/mol. The lowest BCUT2D eigenvalue weighted by Crippen LogP contribution is -2.34. The van der Waals surface area contributed by atoms with Crippen LogP contribution < -0.4 is 4.72 Å². The highest BCUT2D eigenvalue weighted by Gasteiger charge is 2.30. The highest BCUT2D eigenvalue weighted by molar-refractivity contribution is 7.89. The number of rotatable bonds is 4. The SMILES string of the molecule is COC1CCC(NS(=O)(=O)c2c(C)n[nH]c2C)C1. The number of methoxy groups -OCH3 is 1. The van der Waals surface area contributed by atoms with Crippen molar-refractivity contribution in [1.82, 2.24) is 14.9 Å². The molecule has 0 amide bonds. The van der Waals surface area contributed by atoms with Gasteiger partial charge in [-0.15, -0.1) is 0 Å². The molecule has 6 nitrogen and oxygen atoms in total. The molecule has 1 fully saturated rings. The Kier molecular flexibility index (Phi) is 3.74. The second-order valence-electron chi connectivity index (χ2n) is 4.75. The van der Waals surface area contributed by atoms with E-state index < -0.39 is 10.0 Å². The minimum absolute atomic E-state index is 0.0475. The van der Waals surface area contributed by atoms with E-state index in [1.807, 2.05) is 0 Å². The summed E-state index contributed by atoms with van der Waals surface area (Å²) in [5, 5.41) is 6.61. The summed E-state index contributed by atoms with van der Waals surface area (Å²) in [7, 11) is -1.83. The first-order valence-corrected chi connectivity index (χ1v) is 7.49. The van der Waals surface area contributed by atoms with Crippen LogP contribution in [0.4, 0.5) is 0 Å². The van der Waals surface area contributed by atoms with Crippen LogP contribution in [0.5, 0.6) is 0 Å². The van der Waals surface area contributed by atoms with Gasteiger partial charge in [0.25, 0.3) is 0 Å². The average Bonchev–Trinajstić information content (AvgIpc) is 2.85. The summed E-state index contributed by atoms with van der Waals surface area (Å²) >= 11 is 0. The summed E-state index contributed by atoms with van der Waals surface area (Å²) in [6, 6.07) is -0.0475. The van der Waals surface area contributed by atoms with Crippen molar-refractivity contribution in [3.05, 3.63) is 11.4 Å². The molecule has 102 valence electrons. The van der Waals surface area contributed by atoms with E-state index in [1.165, 1.54) is 0 Å². The quantitative estimate of drug-likeness (QED) is 0.852. The molecule has 18 heavy (non-hydrogen) atoms. The van der Waals surface area contributed by atoms with E-state index in [0.29, 0.717) is 11.4 Å². The minimum atomic E-state index is -3.49. The fourth-order valence-electron chi connectivity index (χ4n) is 2.48. The zero-order chi connectivity index (χ0) is 13.3. The van der Waals surface area contributed by atoms with Crippen LogP contribution in [0, 0.1) is 13.8 Å². The zero-order valence-corrected chi connectivity index (χ0v) is 11.7. The number of aromatic nitrogens is 2. The van der Waals surface area contributed by atoms with Gasteiger partial charge < -0.3 is 4.74 Å². The van der Waals surface area contributed by atoms with Crippen LogP contribution in [0.2, 0.25) is 0 Å². The molecule has 2 N–H and O–H groups in total. The number of H-pyrrole nitrogens is 1. The van der Waals surface area contributed by atoms with Crippen LogP contribution in [0.1, 0.15) is 30.7 Å². The maximum absolute atomic E-state index is 12.3. The van der Waals surface area contributed by atoms with Gasteiger partial charge in [0.1, 0.15) is 4.90 Å². The van der Waals surface area contributed by atoms with E-state index in [2.05, 4.69) is 14.9 Å². The summed E-state index contributed by atoms with van der Waals surface area (Å²) in [6.07, 6.45) is 2.59. The van der Waals surface area contributed by atoms with Gasteiger partial charge in [0, 0.05) is 13.2 Å². The predicted molar refractivity (Wildman–Crippen MR) is 66.8 cm³/mol. The fraction of sp³-hybridized carbons (Fsp3) is 0.727. The Hall–Kier alpha value is -0.920. The van der Waals surface area contributed by atoms with Gasteiger partial charge in [-0.05, 0) is 33.1 Å². The van der Waals surface area contributed by atoms with Gasteiger partial charge in [-0.25, -0.2) is 13.1 Å². The van der Waals surface area contributed by atoms with E-state index in [-0.39, 0.29) is 17.0 Å². The van der Waals surface area contributed by atoms with E-state index in [4.69, 9.17) is 4.74 Å². The van der Waals surface area contributed by atoms with Gasteiger partial charge in [-0.1, -0.05) is 0 Å². The molecule has 7 heteroatoms. The Morgan fingerprint density at radius 2 is 2.11 bits per heavy atom. The molecule has 1 heterocycles. The maximum atomic E-state index is 12.3. The van der Waals surface area contributed by atoms with Crippen molar-refractivity contribution in [3.63, 3.8) is 0 Å². The zero-order valence-electron chi connectivity index (χ0n) is 10.9. The predicted octanol–water partition coefficient (Wildman–Crippen LogP) is 0.872. The normalized spacial score (nSPS) is 24.6. The summed E-state index contributed by atoms with van der Waals surface area (Å²) in [5.41, 5.74) is 1.07. The molecule has 0 bridgehead atoms. The molecule has 0 saturated heterocycles. The molecule has 0 aromatic carbocycles. The van der Waals surface area contributed by atoms with E-state index >= 15 is 0 Å². The Bertz CT molecular complexity index is 504. The van der Waals surface area contributed by atoms with Crippen LogP contribution in [0.25, 0.3) is 0 Å². The number of sulfonamides is 1. The monoisotopic (exact) mass is 273 g/mol. The first kappa shape index (κ1) is 13.5. The fourth-order valence-corrected chi connectivity index (χ4v) is 4.13. The molecule has 1 aliphatic carbocycles. The summed E-state index contributed by atoms with van der Waals surface area (Å²) in [5.74, 6) is 0. The van der Waals surface area contributed by atoms with Crippen molar-refractivity contribution in [1.29, 1.82) is 0 Å². The van der Waals surface area contributed by atoms with Gasteiger partial charge >= 0.3 is 0 Å². The Balaban J connectivity index is 2.14. The van der Waals surface area contributed by atoms with Crippen molar-refractivity contribution in [2.45, 2.75) is 50.2 Å². The number of aryl methyl sites for hydroxylation is 2. The standard InChI is InChI=1S/C11H19N3O3S/c1-7-11(8(2)13-12-7)18(15,16)14-9-4-5-10(6-9)17-3/h9-10,14H,4-6H2,1-3H3,(H,12,13). The smallest absolute Gasteiger partial charge is 0.244 e. The molecule has 2 unspecified atom stereocenters. The first-order valence-electron chi connectivity index (χ1n) is 6.00. The highest BCUT2D eigenvalue weighted by atomic mass is 32.2. The Labute approximate surface area is 107 Å². The summed E-state index contributed by atoms with van der Waals surface area (Å²) in [4.78, 5) is 0.267. The van der Waals surface area contributed by atoms with Crippen molar-refractivity contribution in [3.8, 4) is 0 Å². The van der Waals surface area contributed by atoms with Crippen LogP contribution in [-0.4, -0.2) is 37.9 Å². The highest BCUT2D eigenvalue weighted by Crippen LogP contribution is 2.24. The molecule has 2 atom stereocenters. The number of hydrogen-bond donors (Lipinski definition) is 2. The van der Waals surface area contributed by atoms with Gasteiger partial charge in [-0.2, -0.15) is 5.10 Å². The molecule has 1 aromatic rings. The Morgan fingerprint density at radius 1 is 1.39 bits per heavy atom. The number of nitrogens with zero attached hydrogens (tertiary/aromatic N) is 1. The van der Waals surface area contributed by atoms with Crippen molar-refractivity contribution in [2.75, 3.05) is 7.11 Å².